The number of hydrogen-bond donors (Lipinski definition) is 1. The van der Waals surface area contributed by atoms with Gasteiger partial charge in [-0.25, -0.2) is 0 Å². The van der Waals surface area contributed by atoms with E-state index in [-0.39, 0.29) is 5.75 Å². The van der Waals surface area contributed by atoms with Crippen molar-refractivity contribution >= 4 is 35.3 Å². The first-order valence-corrected chi connectivity index (χ1v) is 9.48. The predicted molar refractivity (Wildman–Crippen MR) is 91.5 cm³/mol. The molecule has 0 amide bonds. The number of carboxylic acid groups (broad SMARTS) is 1. The topological polar surface area (TPSA) is 80.4 Å². The lowest BCUT2D eigenvalue weighted by atomic mass is 9.89. The number of aliphatic carboxylic acids is 1. The van der Waals surface area contributed by atoms with Crippen LogP contribution in [0.5, 0.6) is 0 Å². The van der Waals surface area contributed by atoms with Gasteiger partial charge in [0.25, 0.3) is 0 Å². The molecule has 0 radical (unpaired) electrons. The summed E-state index contributed by atoms with van der Waals surface area (Å²) in [5.74, 6) is 0.296. The predicted octanol–water partition coefficient (Wildman–Crippen LogP) is 3.45. The van der Waals surface area contributed by atoms with E-state index in [2.05, 4.69) is 15.3 Å². The summed E-state index contributed by atoms with van der Waals surface area (Å²) in [4.78, 5) is 11.9. The molecule has 8 heteroatoms. The second-order valence-electron chi connectivity index (χ2n) is 5.43. The number of nitrogens with zero attached hydrogens (tertiary/aromatic N) is 4. The molecule has 1 fully saturated rings. The molecule has 23 heavy (non-hydrogen) atoms. The maximum Gasteiger partial charge on any atom is 0.313 e. The van der Waals surface area contributed by atoms with Crippen molar-refractivity contribution < 1.29 is 9.90 Å². The molecule has 0 unspecified atom stereocenters. The fourth-order valence-corrected chi connectivity index (χ4v) is 3.89. The fraction of sp³-hybridized carbons (Fsp3) is 0.467. The first kappa shape index (κ1) is 16.2. The maximum absolute atomic E-state index is 10.8. The van der Waals surface area contributed by atoms with Crippen LogP contribution in [0, 0.1) is 0 Å². The molecule has 0 saturated heterocycles. The molecule has 0 aliphatic heterocycles. The van der Waals surface area contributed by atoms with Gasteiger partial charge in [0.15, 0.2) is 5.82 Å². The van der Waals surface area contributed by atoms with Crippen molar-refractivity contribution in [3.05, 3.63) is 28.2 Å². The van der Waals surface area contributed by atoms with E-state index < -0.39 is 5.97 Å². The van der Waals surface area contributed by atoms with Crippen LogP contribution in [-0.2, 0) is 4.79 Å². The molecule has 3 rings (SSSR count). The normalized spacial score (nSPS) is 16.2. The van der Waals surface area contributed by atoms with Crippen LogP contribution in [0.4, 0.5) is 0 Å². The Bertz CT molecular complexity index is 676. The Morgan fingerprint density at radius 3 is 2.96 bits per heavy atom. The summed E-state index contributed by atoms with van der Waals surface area (Å²) in [7, 11) is 0. The summed E-state index contributed by atoms with van der Waals surface area (Å²) < 4.78 is 1.73. The van der Waals surface area contributed by atoms with Gasteiger partial charge in [-0.3, -0.25) is 4.79 Å². The largest absolute Gasteiger partial charge is 0.481 e. The van der Waals surface area contributed by atoms with Crippen molar-refractivity contribution in [1.82, 2.24) is 14.9 Å². The van der Waals surface area contributed by atoms with E-state index in [9.17, 15) is 4.79 Å². The zero-order valence-electron chi connectivity index (χ0n) is 12.6. The number of carbonyl (C=O) groups is 1. The molecule has 6 nitrogen and oxygen atoms in total. The van der Waals surface area contributed by atoms with Gasteiger partial charge in [0.05, 0.1) is 12.0 Å². The molecule has 1 aliphatic carbocycles. The average molecular weight is 350 g/mol. The minimum absolute atomic E-state index is 0.0443. The summed E-state index contributed by atoms with van der Waals surface area (Å²) >= 11 is 2.76. The number of carboxylic acids is 1. The molecule has 1 N–H and O–H groups in total. The van der Waals surface area contributed by atoms with Crippen molar-refractivity contribution in [3.63, 3.8) is 0 Å². The third-order valence-corrected chi connectivity index (χ3v) is 5.49. The van der Waals surface area contributed by atoms with Gasteiger partial charge in [-0.05, 0) is 24.3 Å². The van der Waals surface area contributed by atoms with Crippen molar-refractivity contribution in [3.8, 4) is 0 Å². The van der Waals surface area contributed by atoms with Crippen molar-refractivity contribution in [2.45, 2.75) is 43.2 Å². The highest BCUT2D eigenvalue weighted by atomic mass is 32.2. The maximum atomic E-state index is 10.8. The second-order valence-corrected chi connectivity index (χ2v) is 7.35. The highest BCUT2D eigenvalue weighted by molar-refractivity contribution is 7.99. The molecule has 0 aromatic carbocycles. The van der Waals surface area contributed by atoms with Crippen LogP contribution in [0.3, 0.4) is 0 Å². The van der Waals surface area contributed by atoms with E-state index in [1.165, 1.54) is 19.3 Å². The lowest BCUT2D eigenvalue weighted by Gasteiger charge is -2.20. The van der Waals surface area contributed by atoms with Crippen LogP contribution in [0.2, 0.25) is 0 Å². The van der Waals surface area contributed by atoms with Gasteiger partial charge in [0.1, 0.15) is 0 Å². The van der Waals surface area contributed by atoms with Crippen molar-refractivity contribution in [2.24, 2.45) is 5.10 Å². The van der Waals surface area contributed by atoms with E-state index in [1.54, 1.807) is 22.2 Å². The van der Waals surface area contributed by atoms with Gasteiger partial charge >= 0.3 is 5.97 Å². The molecule has 1 saturated carbocycles. The van der Waals surface area contributed by atoms with Gasteiger partial charge in [0.2, 0.25) is 5.16 Å². The third-order valence-electron chi connectivity index (χ3n) is 3.77. The summed E-state index contributed by atoms with van der Waals surface area (Å²) in [5, 5.41) is 24.4. The zero-order valence-corrected chi connectivity index (χ0v) is 14.2. The van der Waals surface area contributed by atoms with Crippen LogP contribution in [-0.4, -0.2) is 37.9 Å². The second kappa shape index (κ2) is 7.74. The Labute approximate surface area is 142 Å². The first-order chi connectivity index (χ1) is 11.2. The zero-order chi connectivity index (χ0) is 16.1. The van der Waals surface area contributed by atoms with Gasteiger partial charge in [-0.15, -0.1) is 21.5 Å². The fourth-order valence-electron chi connectivity index (χ4n) is 2.70. The summed E-state index contributed by atoms with van der Waals surface area (Å²) in [5.41, 5.74) is 0. The molecule has 122 valence electrons. The molecule has 0 bridgehead atoms. The average Bonchev–Trinajstić information content (AvgIpc) is 3.21. The summed E-state index contributed by atoms with van der Waals surface area (Å²) in [6.07, 6.45) is 7.63. The third kappa shape index (κ3) is 4.20. The van der Waals surface area contributed by atoms with E-state index in [4.69, 9.17) is 5.11 Å². The number of rotatable bonds is 6. The van der Waals surface area contributed by atoms with E-state index >= 15 is 0 Å². The number of thiophene rings is 1. The van der Waals surface area contributed by atoms with Crippen LogP contribution in [0.15, 0.2) is 27.8 Å². The smallest absolute Gasteiger partial charge is 0.313 e. The summed E-state index contributed by atoms with van der Waals surface area (Å²) in [6.45, 7) is 0. The Hall–Kier alpha value is -1.67. The van der Waals surface area contributed by atoms with Gasteiger partial charge < -0.3 is 5.11 Å². The van der Waals surface area contributed by atoms with Crippen molar-refractivity contribution in [1.29, 1.82) is 0 Å². The molecule has 1 aliphatic rings. The van der Waals surface area contributed by atoms with Crippen LogP contribution in [0.25, 0.3) is 0 Å². The minimum atomic E-state index is -0.869. The summed E-state index contributed by atoms with van der Waals surface area (Å²) in [6, 6.07) is 3.96. The number of aromatic nitrogens is 3. The lowest BCUT2D eigenvalue weighted by molar-refractivity contribution is -0.133. The van der Waals surface area contributed by atoms with Crippen LogP contribution >= 0.6 is 23.1 Å². The molecule has 2 aromatic heterocycles. The van der Waals surface area contributed by atoms with Crippen LogP contribution < -0.4 is 0 Å². The van der Waals surface area contributed by atoms with E-state index in [1.807, 2.05) is 17.5 Å². The Morgan fingerprint density at radius 1 is 1.43 bits per heavy atom. The quantitative estimate of drug-likeness (QED) is 0.637. The lowest BCUT2D eigenvalue weighted by Crippen LogP contribution is -2.11. The number of thioether (sulfide) groups is 1. The van der Waals surface area contributed by atoms with E-state index in [0.29, 0.717) is 11.1 Å². The monoisotopic (exact) mass is 350 g/mol. The Balaban J connectivity index is 1.87. The molecule has 2 aromatic rings. The Morgan fingerprint density at radius 2 is 2.26 bits per heavy atom. The van der Waals surface area contributed by atoms with Gasteiger partial charge in [0, 0.05) is 10.8 Å². The molecule has 0 atom stereocenters. The Kier molecular flexibility index (Phi) is 5.45. The number of hydrogen-bond acceptors (Lipinski definition) is 6. The van der Waals surface area contributed by atoms with Crippen LogP contribution in [0.1, 0.15) is 48.7 Å². The first-order valence-electron chi connectivity index (χ1n) is 7.62. The highest BCUT2D eigenvalue weighted by Crippen LogP contribution is 2.33. The van der Waals surface area contributed by atoms with E-state index in [0.717, 1.165) is 35.3 Å². The van der Waals surface area contributed by atoms with Gasteiger partial charge in [-0.2, -0.15) is 9.78 Å². The molecular weight excluding hydrogens is 332 g/mol. The molecule has 2 heterocycles. The molecular formula is C15H18N4O2S2. The SMILES string of the molecule is O=C(O)CSc1nnc(C2CCCCC2)n1/N=C\c1cccs1. The highest BCUT2D eigenvalue weighted by Gasteiger charge is 2.23. The molecule has 0 spiro atoms. The standard InChI is InChI=1S/C15H18N4O2S2/c20-13(21)10-23-15-18-17-14(11-5-2-1-3-6-11)19(15)16-9-12-7-4-8-22-12/h4,7-9,11H,1-3,5-6,10H2,(H,20,21)/b16-9-. The minimum Gasteiger partial charge on any atom is -0.481 e. The van der Waals surface area contributed by atoms with Crippen molar-refractivity contribution in [2.75, 3.05) is 5.75 Å². The van der Waals surface area contributed by atoms with Gasteiger partial charge in [-0.1, -0.05) is 37.1 Å².